The van der Waals surface area contributed by atoms with E-state index >= 15 is 0 Å². The number of thioether (sulfide) groups is 1. The molecule has 0 spiro atoms. The monoisotopic (exact) mass is 228 g/mol. The minimum Gasteiger partial charge on any atom is -0.409 e. The number of amidine groups is 1. The Morgan fingerprint density at radius 3 is 2.93 bits per heavy atom. The molecule has 0 aromatic carbocycles. The summed E-state index contributed by atoms with van der Waals surface area (Å²) in [6.07, 6.45) is 0. The van der Waals surface area contributed by atoms with Crippen LogP contribution in [0, 0.1) is 6.92 Å². The molecule has 0 aliphatic heterocycles. The van der Waals surface area contributed by atoms with Gasteiger partial charge in [0, 0.05) is 11.4 Å². The molecule has 0 bridgehead atoms. The Bertz CT molecular complexity index is 370. The lowest BCUT2D eigenvalue weighted by atomic mass is 10.3. The highest BCUT2D eigenvalue weighted by Crippen LogP contribution is 2.13. The third kappa shape index (κ3) is 3.37. The van der Waals surface area contributed by atoms with Crippen LogP contribution in [0.5, 0.6) is 0 Å². The largest absolute Gasteiger partial charge is 0.409 e. The van der Waals surface area contributed by atoms with Crippen LogP contribution in [0.4, 0.5) is 0 Å². The summed E-state index contributed by atoms with van der Waals surface area (Å²) < 4.78 is 0. The van der Waals surface area contributed by atoms with Crippen LogP contribution in [0.25, 0.3) is 0 Å². The van der Waals surface area contributed by atoms with Crippen LogP contribution in [-0.2, 0) is 0 Å². The highest BCUT2D eigenvalue weighted by Gasteiger charge is 2.06. The molecule has 0 aliphatic rings. The zero-order valence-corrected chi connectivity index (χ0v) is 9.03. The summed E-state index contributed by atoms with van der Waals surface area (Å²) in [5.41, 5.74) is 6.52. The normalized spacial score (nSPS) is 11.7. The fraction of sp³-hybridized carbons (Fsp3) is 0.375. The van der Waals surface area contributed by atoms with E-state index in [1.807, 2.05) is 0 Å². The molecule has 0 unspecified atom stereocenters. The molecule has 0 aliphatic carbocycles. The van der Waals surface area contributed by atoms with Crippen LogP contribution in [0.2, 0.25) is 0 Å². The number of oxime groups is 1. The predicted molar refractivity (Wildman–Crippen MR) is 57.1 cm³/mol. The SMILES string of the molecule is Cc1cc(/C(N)=N/O)nc(SCCO)n1. The van der Waals surface area contributed by atoms with E-state index in [0.717, 1.165) is 5.69 Å². The van der Waals surface area contributed by atoms with Crippen molar-refractivity contribution < 1.29 is 10.3 Å². The van der Waals surface area contributed by atoms with Gasteiger partial charge in [-0.05, 0) is 13.0 Å². The average molecular weight is 228 g/mol. The van der Waals surface area contributed by atoms with Crippen molar-refractivity contribution in [3.8, 4) is 0 Å². The molecule has 15 heavy (non-hydrogen) atoms. The maximum atomic E-state index is 8.66. The number of nitrogens with two attached hydrogens (primary N) is 1. The van der Waals surface area contributed by atoms with E-state index in [0.29, 0.717) is 16.6 Å². The van der Waals surface area contributed by atoms with E-state index in [-0.39, 0.29) is 12.4 Å². The number of nitrogens with zero attached hydrogens (tertiary/aromatic N) is 3. The zero-order chi connectivity index (χ0) is 11.3. The van der Waals surface area contributed by atoms with Gasteiger partial charge < -0.3 is 16.0 Å². The van der Waals surface area contributed by atoms with Crippen LogP contribution in [0.15, 0.2) is 16.4 Å². The van der Waals surface area contributed by atoms with Gasteiger partial charge in [0.15, 0.2) is 11.0 Å². The molecule has 4 N–H and O–H groups in total. The van der Waals surface area contributed by atoms with Crippen molar-refractivity contribution >= 4 is 17.6 Å². The van der Waals surface area contributed by atoms with Crippen molar-refractivity contribution in [1.29, 1.82) is 0 Å². The Balaban J connectivity index is 2.94. The molecule has 1 aromatic heterocycles. The fourth-order valence-electron chi connectivity index (χ4n) is 0.925. The van der Waals surface area contributed by atoms with Crippen molar-refractivity contribution in [1.82, 2.24) is 9.97 Å². The lowest BCUT2D eigenvalue weighted by molar-refractivity contribution is 0.318. The maximum absolute atomic E-state index is 8.66. The van der Waals surface area contributed by atoms with E-state index in [4.69, 9.17) is 16.0 Å². The van der Waals surface area contributed by atoms with Crippen LogP contribution >= 0.6 is 11.8 Å². The number of hydrogen-bond donors (Lipinski definition) is 3. The third-order valence-corrected chi connectivity index (χ3v) is 2.35. The van der Waals surface area contributed by atoms with Crippen molar-refractivity contribution in [2.75, 3.05) is 12.4 Å². The number of aromatic nitrogens is 2. The van der Waals surface area contributed by atoms with Crippen molar-refractivity contribution in [3.05, 3.63) is 17.5 Å². The van der Waals surface area contributed by atoms with E-state index in [1.165, 1.54) is 11.8 Å². The number of aryl methyl sites for hydroxylation is 1. The van der Waals surface area contributed by atoms with Crippen LogP contribution in [-0.4, -0.2) is 38.5 Å². The van der Waals surface area contributed by atoms with Gasteiger partial charge in [0.1, 0.15) is 5.69 Å². The van der Waals surface area contributed by atoms with Crippen LogP contribution in [0.3, 0.4) is 0 Å². The second kappa shape index (κ2) is 5.52. The summed E-state index contributed by atoms with van der Waals surface area (Å²) in [7, 11) is 0. The van der Waals surface area contributed by atoms with E-state index in [9.17, 15) is 0 Å². The molecule has 0 radical (unpaired) electrons. The van der Waals surface area contributed by atoms with Crippen LogP contribution < -0.4 is 5.73 Å². The molecule has 0 atom stereocenters. The second-order valence-electron chi connectivity index (χ2n) is 2.73. The number of rotatable bonds is 4. The molecule has 0 amide bonds. The van der Waals surface area contributed by atoms with Crippen LogP contribution in [0.1, 0.15) is 11.4 Å². The summed E-state index contributed by atoms with van der Waals surface area (Å²) in [6.45, 7) is 1.85. The van der Waals surface area contributed by atoms with E-state index < -0.39 is 0 Å². The Labute approximate surface area is 91.2 Å². The Morgan fingerprint density at radius 2 is 2.33 bits per heavy atom. The lowest BCUT2D eigenvalue weighted by Crippen LogP contribution is -2.16. The number of hydrogen-bond acceptors (Lipinski definition) is 6. The minimum atomic E-state index is -0.0497. The molecule has 1 heterocycles. The van der Waals surface area contributed by atoms with Gasteiger partial charge in [-0.2, -0.15) is 0 Å². The number of aliphatic hydroxyl groups excluding tert-OH is 1. The van der Waals surface area contributed by atoms with Gasteiger partial charge in [-0.25, -0.2) is 9.97 Å². The second-order valence-corrected chi connectivity index (χ2v) is 3.80. The summed E-state index contributed by atoms with van der Waals surface area (Å²) in [5.74, 6) is 0.463. The van der Waals surface area contributed by atoms with Crippen molar-refractivity contribution in [2.24, 2.45) is 10.9 Å². The molecule has 0 saturated carbocycles. The van der Waals surface area contributed by atoms with Gasteiger partial charge in [0.05, 0.1) is 6.61 Å². The summed E-state index contributed by atoms with van der Waals surface area (Å²) in [6, 6.07) is 1.62. The lowest BCUT2D eigenvalue weighted by Gasteiger charge is -2.03. The fourth-order valence-corrected chi connectivity index (χ4v) is 1.57. The summed E-state index contributed by atoms with van der Waals surface area (Å²) in [5, 5.41) is 20.5. The molecule has 7 heteroatoms. The first-order valence-electron chi connectivity index (χ1n) is 4.24. The Kier molecular flexibility index (Phi) is 4.32. The molecule has 1 rings (SSSR count). The molecule has 1 aromatic rings. The highest BCUT2D eigenvalue weighted by molar-refractivity contribution is 7.99. The maximum Gasteiger partial charge on any atom is 0.188 e. The Hall–Kier alpha value is -1.34. The molecule has 82 valence electrons. The molecular formula is C8H12N4O2S. The average Bonchev–Trinajstić information content (AvgIpc) is 2.24. The quantitative estimate of drug-likeness (QED) is 0.167. The van der Waals surface area contributed by atoms with Gasteiger partial charge in [0.2, 0.25) is 0 Å². The standard InChI is InChI=1S/C8H12N4O2S/c1-5-4-6(7(9)12-14)11-8(10-5)15-3-2-13/h4,13-14H,2-3H2,1H3,(H2,9,12). The van der Waals surface area contributed by atoms with Gasteiger partial charge in [-0.1, -0.05) is 16.9 Å². The van der Waals surface area contributed by atoms with Gasteiger partial charge in [-0.3, -0.25) is 0 Å². The topological polar surface area (TPSA) is 105 Å². The molecule has 6 nitrogen and oxygen atoms in total. The van der Waals surface area contributed by atoms with Gasteiger partial charge in [0.25, 0.3) is 0 Å². The van der Waals surface area contributed by atoms with E-state index in [2.05, 4.69) is 15.1 Å². The predicted octanol–water partition coefficient (Wildman–Crippen LogP) is -0.0361. The van der Waals surface area contributed by atoms with Gasteiger partial charge >= 0.3 is 0 Å². The van der Waals surface area contributed by atoms with Crippen molar-refractivity contribution in [2.45, 2.75) is 12.1 Å². The molecular weight excluding hydrogens is 216 g/mol. The minimum absolute atomic E-state index is 0.0497. The molecule has 0 fully saturated rings. The first-order valence-corrected chi connectivity index (χ1v) is 5.23. The zero-order valence-electron chi connectivity index (χ0n) is 8.21. The summed E-state index contributed by atoms with van der Waals surface area (Å²) in [4.78, 5) is 8.20. The van der Waals surface area contributed by atoms with Crippen molar-refractivity contribution in [3.63, 3.8) is 0 Å². The summed E-state index contributed by atoms with van der Waals surface area (Å²) >= 11 is 1.31. The highest BCUT2D eigenvalue weighted by atomic mass is 32.2. The van der Waals surface area contributed by atoms with Gasteiger partial charge in [-0.15, -0.1) is 0 Å². The first-order chi connectivity index (χ1) is 7.17. The smallest absolute Gasteiger partial charge is 0.188 e. The third-order valence-electron chi connectivity index (χ3n) is 1.53. The van der Waals surface area contributed by atoms with E-state index in [1.54, 1.807) is 13.0 Å². The first kappa shape index (κ1) is 11.7. The number of aliphatic hydroxyl groups is 1. The molecule has 0 saturated heterocycles. The Morgan fingerprint density at radius 1 is 1.60 bits per heavy atom.